The third kappa shape index (κ3) is 3.78. The van der Waals surface area contributed by atoms with Crippen molar-refractivity contribution in [3.63, 3.8) is 0 Å². The summed E-state index contributed by atoms with van der Waals surface area (Å²) in [6, 6.07) is 10.1. The summed E-state index contributed by atoms with van der Waals surface area (Å²) in [7, 11) is 0. The minimum atomic E-state index is 0. The van der Waals surface area contributed by atoms with E-state index in [4.69, 9.17) is 0 Å². The Morgan fingerprint density at radius 2 is 2.11 bits per heavy atom. The average molecular weight is 455 g/mol. The van der Waals surface area contributed by atoms with Gasteiger partial charge in [-0.05, 0) is 61.7 Å². The van der Waals surface area contributed by atoms with E-state index in [0.717, 1.165) is 24.0 Å². The van der Waals surface area contributed by atoms with Crippen LogP contribution < -0.4 is 0 Å². The van der Waals surface area contributed by atoms with Crippen molar-refractivity contribution in [3.8, 4) is 0 Å². The van der Waals surface area contributed by atoms with Gasteiger partial charge in [-0.1, -0.05) is 51.6 Å². The summed E-state index contributed by atoms with van der Waals surface area (Å²) in [4.78, 5) is 0. The van der Waals surface area contributed by atoms with Gasteiger partial charge in [0.25, 0.3) is 0 Å². The van der Waals surface area contributed by atoms with Crippen molar-refractivity contribution < 1.29 is 37.9 Å². The maximum atomic E-state index is 9.61. The second-order valence-electron chi connectivity index (χ2n) is 10.5. The van der Waals surface area contributed by atoms with Crippen molar-refractivity contribution in [1.82, 2.24) is 0 Å². The molecule has 1 aromatic rings. The second-order valence-corrected chi connectivity index (χ2v) is 10.5. The smallest absolute Gasteiger partial charge is 0.0632 e. The van der Waals surface area contributed by atoms with Gasteiger partial charge in [-0.15, -0.1) is 5.56 Å². The maximum absolute atomic E-state index is 9.61. The minimum absolute atomic E-state index is 0. The minimum Gasteiger partial charge on any atom is -0.411 e. The molecule has 5 unspecified atom stereocenters. The first-order valence-electron chi connectivity index (χ1n) is 11.1. The zero-order chi connectivity index (χ0) is 19.2. The van der Waals surface area contributed by atoms with Crippen molar-refractivity contribution in [2.24, 2.45) is 33.7 Å². The van der Waals surface area contributed by atoms with E-state index in [-0.39, 0.29) is 38.1 Å². The predicted octanol–water partition coefficient (Wildman–Crippen LogP) is 6.61. The Bertz CT molecular complexity index is 727. The Kier molecular flexibility index (Phi) is 6.82. The average Bonchev–Trinajstić information content (AvgIpc) is 3.02. The number of oxime groups is 1. The molecular weight excluding hydrogens is 419 g/mol. The molecule has 0 amide bonds. The standard InChI is InChI=1S/C25H36NO.Y/c1-5-24(2,3)14-12-18-16-17-8-6-7-9-19(17)20-13-15-25(4)21(23(18)20)10-11-22(25)26-27;/h6,8-9,18,20-21,23,27H,5,10-16H2,1-4H3;/q-1;/b26-22-;. The van der Waals surface area contributed by atoms with Crippen LogP contribution in [0.5, 0.6) is 0 Å². The quantitative estimate of drug-likeness (QED) is 0.309. The molecule has 3 aliphatic carbocycles. The SMILES string of the molecule is CCC(C)(C)CCC1Cc2cc[c-]cc2C2CCC3(C)/C(=N\O)CCC3C12.[Y]. The van der Waals surface area contributed by atoms with Gasteiger partial charge in [0, 0.05) is 38.1 Å². The van der Waals surface area contributed by atoms with E-state index < -0.39 is 0 Å². The number of benzene rings is 1. The summed E-state index contributed by atoms with van der Waals surface area (Å²) in [6.07, 6.45) is 9.71. The summed E-state index contributed by atoms with van der Waals surface area (Å²) >= 11 is 0. The first-order chi connectivity index (χ1) is 12.9. The molecule has 0 bridgehead atoms. The van der Waals surface area contributed by atoms with Crippen LogP contribution >= 0.6 is 0 Å². The molecule has 3 heteroatoms. The fourth-order valence-corrected chi connectivity index (χ4v) is 6.64. The Labute approximate surface area is 196 Å². The molecule has 0 aromatic heterocycles. The molecule has 0 spiro atoms. The zero-order valence-electron chi connectivity index (χ0n) is 18.2. The van der Waals surface area contributed by atoms with Crippen molar-refractivity contribution >= 4 is 5.71 Å². The van der Waals surface area contributed by atoms with E-state index in [1.54, 1.807) is 11.1 Å². The third-order valence-electron chi connectivity index (χ3n) is 8.76. The predicted molar refractivity (Wildman–Crippen MR) is 111 cm³/mol. The van der Waals surface area contributed by atoms with Gasteiger partial charge in [-0.25, -0.2) is 0 Å². The van der Waals surface area contributed by atoms with Gasteiger partial charge in [0.1, 0.15) is 0 Å². The van der Waals surface area contributed by atoms with E-state index in [2.05, 4.69) is 57.1 Å². The van der Waals surface area contributed by atoms with E-state index >= 15 is 0 Å². The summed E-state index contributed by atoms with van der Waals surface area (Å²) in [6.45, 7) is 9.56. The van der Waals surface area contributed by atoms with Gasteiger partial charge in [-0.3, -0.25) is 0 Å². The van der Waals surface area contributed by atoms with Crippen LogP contribution in [0.1, 0.15) is 89.7 Å². The Morgan fingerprint density at radius 3 is 2.82 bits per heavy atom. The van der Waals surface area contributed by atoms with Gasteiger partial charge < -0.3 is 5.21 Å². The van der Waals surface area contributed by atoms with Crippen molar-refractivity contribution in [2.45, 2.75) is 85.0 Å². The second kappa shape index (κ2) is 8.50. The molecule has 1 aromatic carbocycles. The monoisotopic (exact) mass is 455 g/mol. The molecule has 1 radical (unpaired) electrons. The Morgan fingerprint density at radius 1 is 1.32 bits per heavy atom. The first kappa shape index (κ1) is 22.5. The molecule has 3 aliphatic rings. The molecular formula is C25H36NOY-. The molecule has 2 saturated carbocycles. The van der Waals surface area contributed by atoms with Gasteiger partial charge in [0.2, 0.25) is 0 Å². The van der Waals surface area contributed by atoms with Gasteiger partial charge in [0.15, 0.2) is 0 Å². The first-order valence-corrected chi connectivity index (χ1v) is 11.1. The molecule has 28 heavy (non-hydrogen) atoms. The number of hydrogen-bond donors (Lipinski definition) is 1. The van der Waals surface area contributed by atoms with Crippen LogP contribution in [0, 0.1) is 34.7 Å². The van der Waals surface area contributed by atoms with Crippen LogP contribution in [-0.4, -0.2) is 10.9 Å². The van der Waals surface area contributed by atoms with Crippen molar-refractivity contribution in [1.29, 1.82) is 0 Å². The Balaban J connectivity index is 0.00000225. The zero-order valence-corrected chi connectivity index (χ0v) is 21.0. The van der Waals surface area contributed by atoms with E-state index in [1.165, 1.54) is 44.9 Å². The number of fused-ring (bicyclic) bond motifs is 5. The van der Waals surface area contributed by atoms with Crippen LogP contribution in [-0.2, 0) is 39.1 Å². The van der Waals surface area contributed by atoms with E-state index in [9.17, 15) is 5.21 Å². The normalized spacial score (nSPS) is 35.6. The summed E-state index contributed by atoms with van der Waals surface area (Å²) in [5.41, 5.74) is 4.77. The topological polar surface area (TPSA) is 32.6 Å². The number of hydrogen-bond acceptors (Lipinski definition) is 2. The fourth-order valence-electron chi connectivity index (χ4n) is 6.64. The van der Waals surface area contributed by atoms with E-state index in [1.807, 2.05) is 0 Å². The molecule has 2 fully saturated rings. The van der Waals surface area contributed by atoms with Gasteiger partial charge in [0.05, 0.1) is 5.71 Å². The molecule has 4 rings (SSSR count). The van der Waals surface area contributed by atoms with Gasteiger partial charge in [-0.2, -0.15) is 29.8 Å². The maximum Gasteiger partial charge on any atom is 0.0632 e. The van der Waals surface area contributed by atoms with Crippen LogP contribution in [0.4, 0.5) is 0 Å². The van der Waals surface area contributed by atoms with Crippen LogP contribution in [0.25, 0.3) is 0 Å². The van der Waals surface area contributed by atoms with Crippen LogP contribution in [0.3, 0.4) is 0 Å². The summed E-state index contributed by atoms with van der Waals surface area (Å²) < 4.78 is 0. The van der Waals surface area contributed by atoms with Crippen molar-refractivity contribution in [2.75, 3.05) is 0 Å². The third-order valence-corrected chi connectivity index (χ3v) is 8.76. The van der Waals surface area contributed by atoms with Gasteiger partial charge >= 0.3 is 0 Å². The molecule has 1 N–H and O–H groups in total. The van der Waals surface area contributed by atoms with E-state index in [0.29, 0.717) is 17.3 Å². The largest absolute Gasteiger partial charge is 0.411 e. The molecule has 151 valence electrons. The number of rotatable bonds is 4. The molecule has 0 saturated heterocycles. The fraction of sp³-hybridized carbons (Fsp3) is 0.720. The summed E-state index contributed by atoms with van der Waals surface area (Å²) in [5.74, 6) is 2.85. The van der Waals surface area contributed by atoms with Crippen LogP contribution in [0.2, 0.25) is 0 Å². The molecule has 0 aliphatic heterocycles. The number of nitrogens with zero attached hydrogens (tertiary/aromatic N) is 1. The Hall–Kier alpha value is -0.206. The van der Waals surface area contributed by atoms with Crippen LogP contribution in [0.15, 0.2) is 23.4 Å². The molecule has 0 heterocycles. The summed E-state index contributed by atoms with van der Waals surface area (Å²) in [5, 5.41) is 13.4. The van der Waals surface area contributed by atoms with Crippen molar-refractivity contribution in [3.05, 3.63) is 35.4 Å². The molecule has 5 atom stereocenters. The molecule has 2 nitrogen and oxygen atoms in total.